The standard InChI is InChI=1S/C11H7ClFN3O2/c12-9-4-14-5-10(16-9)15-6-1-2-7(11(17)18)8(13)3-6/h1-5H,(H,15,16)(H,17,18). The van der Waals surface area contributed by atoms with Crippen molar-refractivity contribution >= 4 is 29.1 Å². The van der Waals surface area contributed by atoms with Gasteiger partial charge in [-0.05, 0) is 18.2 Å². The van der Waals surface area contributed by atoms with E-state index in [-0.39, 0.29) is 5.15 Å². The third-order valence-electron chi connectivity index (χ3n) is 2.08. The van der Waals surface area contributed by atoms with Crippen LogP contribution in [0.3, 0.4) is 0 Å². The zero-order valence-corrected chi connectivity index (χ0v) is 9.65. The number of carboxylic acid groups (broad SMARTS) is 1. The largest absolute Gasteiger partial charge is 0.478 e. The van der Waals surface area contributed by atoms with Gasteiger partial charge in [0.15, 0.2) is 5.82 Å². The first-order valence-corrected chi connectivity index (χ1v) is 5.21. The minimum atomic E-state index is -1.32. The summed E-state index contributed by atoms with van der Waals surface area (Å²) in [6.07, 6.45) is 2.77. The molecule has 0 aliphatic rings. The molecular formula is C11H7ClFN3O2. The molecule has 7 heteroatoms. The van der Waals surface area contributed by atoms with E-state index in [0.717, 1.165) is 12.1 Å². The number of nitrogens with one attached hydrogen (secondary N) is 1. The molecule has 0 saturated carbocycles. The van der Waals surface area contributed by atoms with Crippen molar-refractivity contribution in [3.05, 3.63) is 47.1 Å². The van der Waals surface area contributed by atoms with Gasteiger partial charge < -0.3 is 10.4 Å². The Kier molecular flexibility index (Phi) is 3.38. The predicted octanol–water partition coefficient (Wildman–Crippen LogP) is 2.71. The average Bonchev–Trinajstić information content (AvgIpc) is 2.28. The molecule has 2 N–H and O–H groups in total. The lowest BCUT2D eigenvalue weighted by atomic mass is 10.2. The summed E-state index contributed by atoms with van der Waals surface area (Å²) in [4.78, 5) is 18.3. The molecule has 0 aliphatic carbocycles. The van der Waals surface area contributed by atoms with Crippen molar-refractivity contribution in [1.82, 2.24) is 9.97 Å². The lowest BCUT2D eigenvalue weighted by molar-refractivity contribution is 0.0692. The molecule has 2 aromatic rings. The number of nitrogens with zero attached hydrogens (tertiary/aromatic N) is 2. The molecule has 0 radical (unpaired) electrons. The molecule has 1 aromatic carbocycles. The second-order valence-corrected chi connectivity index (χ2v) is 3.74. The van der Waals surface area contributed by atoms with E-state index < -0.39 is 17.3 Å². The number of hydrogen-bond donors (Lipinski definition) is 2. The number of carboxylic acids is 1. The van der Waals surface area contributed by atoms with Gasteiger partial charge in [-0.1, -0.05) is 11.6 Å². The van der Waals surface area contributed by atoms with Crippen LogP contribution in [0.5, 0.6) is 0 Å². The molecule has 0 unspecified atom stereocenters. The van der Waals surface area contributed by atoms with E-state index in [2.05, 4.69) is 15.3 Å². The zero-order valence-electron chi connectivity index (χ0n) is 8.89. The SMILES string of the molecule is O=C(O)c1ccc(Nc2cncc(Cl)n2)cc1F. The predicted molar refractivity (Wildman–Crippen MR) is 63.7 cm³/mol. The molecule has 1 heterocycles. The summed E-state index contributed by atoms with van der Waals surface area (Å²) in [6, 6.07) is 3.65. The van der Waals surface area contributed by atoms with Gasteiger partial charge in [0.25, 0.3) is 0 Å². The van der Waals surface area contributed by atoms with Crippen LogP contribution in [0.2, 0.25) is 5.15 Å². The van der Waals surface area contributed by atoms with Gasteiger partial charge in [-0.3, -0.25) is 4.98 Å². The monoisotopic (exact) mass is 267 g/mol. The van der Waals surface area contributed by atoms with Gasteiger partial charge in [-0.15, -0.1) is 0 Å². The first-order valence-electron chi connectivity index (χ1n) is 4.83. The van der Waals surface area contributed by atoms with E-state index in [1.54, 1.807) is 0 Å². The van der Waals surface area contributed by atoms with Crippen LogP contribution in [-0.2, 0) is 0 Å². The fourth-order valence-corrected chi connectivity index (χ4v) is 1.46. The topological polar surface area (TPSA) is 75.1 Å². The van der Waals surface area contributed by atoms with Crippen LogP contribution in [0.4, 0.5) is 15.9 Å². The molecule has 0 saturated heterocycles. The Morgan fingerprint density at radius 2 is 2.17 bits per heavy atom. The van der Waals surface area contributed by atoms with E-state index >= 15 is 0 Å². The molecule has 0 spiro atoms. The Morgan fingerprint density at radius 3 is 2.78 bits per heavy atom. The second-order valence-electron chi connectivity index (χ2n) is 3.35. The second kappa shape index (κ2) is 4.97. The van der Waals surface area contributed by atoms with Gasteiger partial charge in [0.05, 0.1) is 18.0 Å². The summed E-state index contributed by atoms with van der Waals surface area (Å²) in [5.41, 5.74) is -0.0354. The highest BCUT2D eigenvalue weighted by Crippen LogP contribution is 2.18. The van der Waals surface area contributed by atoms with Crippen molar-refractivity contribution in [2.24, 2.45) is 0 Å². The normalized spacial score (nSPS) is 10.1. The Balaban J connectivity index is 2.25. The Morgan fingerprint density at radius 1 is 1.39 bits per heavy atom. The van der Waals surface area contributed by atoms with Crippen LogP contribution in [0.1, 0.15) is 10.4 Å². The third-order valence-corrected chi connectivity index (χ3v) is 2.26. The molecule has 92 valence electrons. The van der Waals surface area contributed by atoms with Crippen molar-refractivity contribution < 1.29 is 14.3 Å². The highest BCUT2D eigenvalue weighted by molar-refractivity contribution is 6.29. The lowest BCUT2D eigenvalue weighted by Gasteiger charge is -2.06. The van der Waals surface area contributed by atoms with E-state index in [1.807, 2.05) is 0 Å². The van der Waals surface area contributed by atoms with Gasteiger partial charge in [-0.2, -0.15) is 0 Å². The van der Waals surface area contributed by atoms with Gasteiger partial charge in [0.1, 0.15) is 11.0 Å². The molecule has 0 aliphatic heterocycles. The molecule has 0 fully saturated rings. The van der Waals surface area contributed by atoms with E-state index in [4.69, 9.17) is 16.7 Å². The number of benzene rings is 1. The van der Waals surface area contributed by atoms with Gasteiger partial charge in [-0.25, -0.2) is 14.2 Å². The van der Waals surface area contributed by atoms with Gasteiger partial charge in [0.2, 0.25) is 0 Å². The van der Waals surface area contributed by atoms with Crippen molar-refractivity contribution in [3.8, 4) is 0 Å². The molecule has 0 bridgehead atoms. The zero-order chi connectivity index (χ0) is 13.1. The number of carbonyl (C=O) groups is 1. The summed E-state index contributed by atoms with van der Waals surface area (Å²) in [6.45, 7) is 0. The Labute approximate surface area is 106 Å². The van der Waals surface area contributed by atoms with Crippen LogP contribution in [-0.4, -0.2) is 21.0 Å². The van der Waals surface area contributed by atoms with E-state index in [9.17, 15) is 9.18 Å². The maximum Gasteiger partial charge on any atom is 0.338 e. The summed E-state index contributed by atoms with van der Waals surface area (Å²) in [5.74, 6) is -1.81. The molecule has 0 amide bonds. The molecular weight excluding hydrogens is 261 g/mol. The van der Waals surface area contributed by atoms with E-state index in [1.165, 1.54) is 18.5 Å². The number of hydrogen-bond acceptors (Lipinski definition) is 4. The Hall–Kier alpha value is -2.21. The molecule has 5 nitrogen and oxygen atoms in total. The minimum Gasteiger partial charge on any atom is -0.478 e. The first-order chi connectivity index (χ1) is 8.56. The lowest BCUT2D eigenvalue weighted by Crippen LogP contribution is -2.02. The highest BCUT2D eigenvalue weighted by Gasteiger charge is 2.10. The molecule has 2 rings (SSSR count). The van der Waals surface area contributed by atoms with Gasteiger partial charge in [0, 0.05) is 5.69 Å². The number of anilines is 2. The molecule has 1 aromatic heterocycles. The fraction of sp³-hybridized carbons (Fsp3) is 0. The number of aromatic nitrogens is 2. The van der Waals surface area contributed by atoms with Crippen molar-refractivity contribution in [1.29, 1.82) is 0 Å². The summed E-state index contributed by atoms with van der Waals surface area (Å²) in [5, 5.41) is 11.6. The minimum absolute atomic E-state index is 0.197. The summed E-state index contributed by atoms with van der Waals surface area (Å²) in [7, 11) is 0. The quantitative estimate of drug-likeness (QED) is 0.894. The van der Waals surface area contributed by atoms with E-state index in [0.29, 0.717) is 11.5 Å². The van der Waals surface area contributed by atoms with Gasteiger partial charge >= 0.3 is 5.97 Å². The number of halogens is 2. The van der Waals surface area contributed by atoms with Crippen molar-refractivity contribution in [2.75, 3.05) is 5.32 Å². The molecule has 0 atom stereocenters. The average molecular weight is 268 g/mol. The smallest absolute Gasteiger partial charge is 0.338 e. The number of rotatable bonds is 3. The summed E-state index contributed by atoms with van der Waals surface area (Å²) >= 11 is 5.64. The van der Waals surface area contributed by atoms with Crippen LogP contribution in [0.25, 0.3) is 0 Å². The van der Waals surface area contributed by atoms with Crippen molar-refractivity contribution in [2.45, 2.75) is 0 Å². The summed E-state index contributed by atoms with van der Waals surface area (Å²) < 4.78 is 13.4. The third kappa shape index (κ3) is 2.72. The van der Waals surface area contributed by atoms with Crippen LogP contribution in [0.15, 0.2) is 30.6 Å². The fourth-order valence-electron chi connectivity index (χ4n) is 1.32. The highest BCUT2D eigenvalue weighted by atomic mass is 35.5. The molecule has 18 heavy (non-hydrogen) atoms. The van der Waals surface area contributed by atoms with Crippen LogP contribution in [0, 0.1) is 5.82 Å². The van der Waals surface area contributed by atoms with Crippen LogP contribution < -0.4 is 5.32 Å². The van der Waals surface area contributed by atoms with Crippen LogP contribution >= 0.6 is 11.6 Å². The van der Waals surface area contributed by atoms with Crippen molar-refractivity contribution in [3.63, 3.8) is 0 Å². The maximum atomic E-state index is 13.4. The number of aromatic carboxylic acids is 1. The maximum absolute atomic E-state index is 13.4. The Bertz CT molecular complexity index is 607. The first kappa shape index (κ1) is 12.3.